The monoisotopic (exact) mass is 265 g/mol. The molecule has 0 amide bonds. The molecular weight excluding hydrogens is 242 g/mol. The Morgan fingerprint density at radius 1 is 1.32 bits per heavy atom. The van der Waals surface area contributed by atoms with Crippen LogP contribution in [0, 0.1) is 0 Å². The molecule has 5 nitrogen and oxygen atoms in total. The smallest absolute Gasteiger partial charge is 0.191 e. The van der Waals surface area contributed by atoms with E-state index in [1.54, 1.807) is 21.3 Å². The number of methoxy groups -OCH3 is 2. The Balaban J connectivity index is 2.54. The third-order valence-corrected chi connectivity index (χ3v) is 2.66. The van der Waals surface area contributed by atoms with E-state index in [0.29, 0.717) is 13.2 Å². The van der Waals surface area contributed by atoms with Crippen molar-refractivity contribution in [2.45, 2.75) is 19.5 Å². The fraction of sp³-hybridized carbons (Fsp3) is 0.500. The first-order chi connectivity index (χ1) is 9.21. The first-order valence-electron chi connectivity index (χ1n) is 6.29. The fourth-order valence-electron chi connectivity index (χ4n) is 1.75. The Bertz CT molecular complexity index is 407. The summed E-state index contributed by atoms with van der Waals surface area (Å²) in [7, 11) is 5.10. The summed E-state index contributed by atoms with van der Waals surface area (Å²) < 4.78 is 10.4. The number of hydrogen-bond acceptors (Lipinski definition) is 3. The highest BCUT2D eigenvalue weighted by Crippen LogP contribution is 2.16. The van der Waals surface area contributed by atoms with E-state index in [2.05, 4.69) is 15.6 Å². The Hall–Kier alpha value is -1.75. The van der Waals surface area contributed by atoms with Crippen molar-refractivity contribution in [2.75, 3.05) is 27.9 Å². The summed E-state index contributed by atoms with van der Waals surface area (Å²) in [6.45, 7) is 3.33. The Labute approximate surface area is 115 Å². The van der Waals surface area contributed by atoms with Gasteiger partial charge in [0.05, 0.1) is 13.7 Å². The second-order valence-corrected chi connectivity index (χ2v) is 4.24. The summed E-state index contributed by atoms with van der Waals surface area (Å²) in [6, 6.07) is 8.12. The van der Waals surface area contributed by atoms with Crippen molar-refractivity contribution in [3.05, 3.63) is 29.8 Å². The molecule has 0 spiro atoms. The van der Waals surface area contributed by atoms with Crippen LogP contribution in [0.5, 0.6) is 5.75 Å². The molecule has 19 heavy (non-hydrogen) atoms. The van der Waals surface area contributed by atoms with Gasteiger partial charge in [0.15, 0.2) is 5.96 Å². The number of hydrogen-bond donors (Lipinski definition) is 2. The quantitative estimate of drug-likeness (QED) is 0.603. The van der Waals surface area contributed by atoms with Crippen LogP contribution in [0.1, 0.15) is 12.5 Å². The van der Waals surface area contributed by atoms with Crippen molar-refractivity contribution >= 4 is 5.96 Å². The van der Waals surface area contributed by atoms with Crippen LogP contribution in [-0.4, -0.2) is 39.9 Å². The molecule has 106 valence electrons. The third kappa shape index (κ3) is 5.18. The molecule has 0 aromatic heterocycles. The summed E-state index contributed by atoms with van der Waals surface area (Å²) in [5, 5.41) is 6.50. The Morgan fingerprint density at radius 3 is 2.68 bits per heavy atom. The van der Waals surface area contributed by atoms with Gasteiger partial charge >= 0.3 is 0 Å². The van der Waals surface area contributed by atoms with Crippen LogP contribution >= 0.6 is 0 Å². The zero-order valence-corrected chi connectivity index (χ0v) is 12.1. The highest BCUT2D eigenvalue weighted by molar-refractivity contribution is 5.80. The average molecular weight is 265 g/mol. The number of nitrogens with zero attached hydrogens (tertiary/aromatic N) is 1. The Kier molecular flexibility index (Phi) is 6.74. The number of ether oxygens (including phenoxy) is 2. The lowest BCUT2D eigenvalue weighted by atomic mass is 10.2. The van der Waals surface area contributed by atoms with Crippen molar-refractivity contribution in [3.8, 4) is 5.75 Å². The maximum atomic E-state index is 5.31. The lowest BCUT2D eigenvalue weighted by molar-refractivity contribution is 0.179. The molecule has 2 N–H and O–H groups in total. The maximum Gasteiger partial charge on any atom is 0.191 e. The van der Waals surface area contributed by atoms with E-state index < -0.39 is 0 Å². The third-order valence-electron chi connectivity index (χ3n) is 2.66. The van der Waals surface area contributed by atoms with E-state index in [1.165, 1.54) is 0 Å². The summed E-state index contributed by atoms with van der Waals surface area (Å²) in [4.78, 5) is 4.18. The molecule has 0 saturated carbocycles. The first-order valence-corrected chi connectivity index (χ1v) is 6.29. The van der Waals surface area contributed by atoms with Crippen LogP contribution < -0.4 is 15.4 Å². The second-order valence-electron chi connectivity index (χ2n) is 4.24. The molecule has 0 heterocycles. The molecule has 1 aromatic rings. The molecule has 0 saturated heterocycles. The molecular formula is C14H23N3O2. The molecule has 0 fully saturated rings. The van der Waals surface area contributed by atoms with Gasteiger partial charge in [-0.25, -0.2) is 0 Å². The van der Waals surface area contributed by atoms with Crippen LogP contribution in [0.4, 0.5) is 0 Å². The molecule has 0 aliphatic carbocycles. The number of para-hydroxylation sites is 1. The second kappa shape index (κ2) is 8.37. The minimum absolute atomic E-state index is 0.203. The fourth-order valence-corrected chi connectivity index (χ4v) is 1.75. The lowest BCUT2D eigenvalue weighted by Gasteiger charge is -2.17. The van der Waals surface area contributed by atoms with E-state index in [9.17, 15) is 0 Å². The van der Waals surface area contributed by atoms with Gasteiger partial charge in [0, 0.05) is 32.3 Å². The van der Waals surface area contributed by atoms with Crippen molar-refractivity contribution in [2.24, 2.45) is 4.99 Å². The van der Waals surface area contributed by atoms with Gasteiger partial charge in [-0.05, 0) is 13.0 Å². The number of guanidine groups is 1. The zero-order valence-electron chi connectivity index (χ0n) is 12.1. The summed E-state index contributed by atoms with van der Waals surface area (Å²) in [6.07, 6.45) is 0. The van der Waals surface area contributed by atoms with Gasteiger partial charge in [-0.3, -0.25) is 4.99 Å². The van der Waals surface area contributed by atoms with Gasteiger partial charge in [-0.2, -0.15) is 0 Å². The van der Waals surface area contributed by atoms with E-state index in [-0.39, 0.29) is 6.04 Å². The van der Waals surface area contributed by atoms with Crippen molar-refractivity contribution < 1.29 is 9.47 Å². The van der Waals surface area contributed by atoms with E-state index in [1.807, 2.05) is 31.2 Å². The molecule has 0 aliphatic heterocycles. The maximum absolute atomic E-state index is 5.31. The highest BCUT2D eigenvalue weighted by Gasteiger charge is 2.06. The van der Waals surface area contributed by atoms with Gasteiger partial charge < -0.3 is 20.1 Å². The predicted molar refractivity (Wildman–Crippen MR) is 77.7 cm³/mol. The first kappa shape index (κ1) is 15.3. The molecule has 1 aromatic carbocycles. The number of aliphatic imine (C=N–C) groups is 1. The van der Waals surface area contributed by atoms with Gasteiger partial charge in [0.2, 0.25) is 0 Å². The minimum Gasteiger partial charge on any atom is -0.496 e. The highest BCUT2D eigenvalue weighted by atomic mass is 16.5. The predicted octanol–water partition coefficient (Wildman–Crippen LogP) is 1.40. The summed E-state index contributed by atoms with van der Waals surface area (Å²) >= 11 is 0. The standard InChI is InChI=1S/C14H23N3O2/c1-11(10-18-3)17-14(15-2)16-9-12-7-5-6-8-13(12)19-4/h5-8,11H,9-10H2,1-4H3,(H2,15,16,17). The van der Waals surface area contributed by atoms with Crippen molar-refractivity contribution in [1.82, 2.24) is 10.6 Å². The molecule has 1 rings (SSSR count). The SMILES string of the molecule is CN=C(NCc1ccccc1OC)NC(C)COC. The largest absolute Gasteiger partial charge is 0.496 e. The van der Waals surface area contributed by atoms with Crippen LogP contribution in [0.2, 0.25) is 0 Å². The van der Waals surface area contributed by atoms with Gasteiger partial charge in [0.1, 0.15) is 5.75 Å². The zero-order chi connectivity index (χ0) is 14.1. The van der Waals surface area contributed by atoms with E-state index in [0.717, 1.165) is 17.3 Å². The van der Waals surface area contributed by atoms with Crippen molar-refractivity contribution in [1.29, 1.82) is 0 Å². The van der Waals surface area contributed by atoms with Crippen LogP contribution in [0.15, 0.2) is 29.3 Å². The number of benzene rings is 1. The van der Waals surface area contributed by atoms with Crippen LogP contribution in [-0.2, 0) is 11.3 Å². The van der Waals surface area contributed by atoms with Gasteiger partial charge in [-0.1, -0.05) is 18.2 Å². The summed E-state index contributed by atoms with van der Waals surface area (Å²) in [5.41, 5.74) is 1.09. The van der Waals surface area contributed by atoms with E-state index >= 15 is 0 Å². The molecule has 5 heteroatoms. The molecule has 0 radical (unpaired) electrons. The summed E-state index contributed by atoms with van der Waals surface area (Å²) in [5.74, 6) is 1.62. The molecule has 1 atom stereocenters. The molecule has 0 aliphatic rings. The van der Waals surface area contributed by atoms with Crippen LogP contribution in [0.3, 0.4) is 0 Å². The van der Waals surface area contributed by atoms with E-state index in [4.69, 9.17) is 9.47 Å². The minimum atomic E-state index is 0.203. The van der Waals surface area contributed by atoms with Gasteiger partial charge in [0.25, 0.3) is 0 Å². The van der Waals surface area contributed by atoms with Gasteiger partial charge in [-0.15, -0.1) is 0 Å². The van der Waals surface area contributed by atoms with Crippen LogP contribution in [0.25, 0.3) is 0 Å². The normalized spacial score (nSPS) is 12.9. The van der Waals surface area contributed by atoms with Crippen molar-refractivity contribution in [3.63, 3.8) is 0 Å². The average Bonchev–Trinajstić information content (AvgIpc) is 2.44. The molecule has 1 unspecified atom stereocenters. The Morgan fingerprint density at radius 2 is 2.05 bits per heavy atom. The number of nitrogens with one attached hydrogen (secondary N) is 2. The lowest BCUT2D eigenvalue weighted by Crippen LogP contribution is -2.43. The number of rotatable bonds is 6. The topological polar surface area (TPSA) is 54.9 Å². The molecule has 0 bridgehead atoms.